The van der Waals surface area contributed by atoms with Gasteiger partial charge in [-0.2, -0.15) is 10.1 Å². The first-order valence-corrected chi connectivity index (χ1v) is 10.7. The van der Waals surface area contributed by atoms with Crippen LogP contribution in [0.3, 0.4) is 0 Å². The Morgan fingerprint density at radius 3 is 2.67 bits per heavy atom. The molecule has 0 saturated heterocycles. The maximum atomic E-state index is 12.8. The normalized spacial score (nSPS) is 11.1. The van der Waals surface area contributed by atoms with Gasteiger partial charge in [0.25, 0.3) is 5.89 Å². The van der Waals surface area contributed by atoms with Crippen LogP contribution in [0.25, 0.3) is 33.9 Å². The molecule has 164 valence electrons. The van der Waals surface area contributed by atoms with Gasteiger partial charge in [0.05, 0.1) is 5.52 Å². The van der Waals surface area contributed by atoms with Gasteiger partial charge >= 0.3 is 0 Å². The summed E-state index contributed by atoms with van der Waals surface area (Å²) in [5, 5.41) is 12.6. The number of aromatic nitrogens is 4. The van der Waals surface area contributed by atoms with Crippen molar-refractivity contribution >= 4 is 22.5 Å². The first kappa shape index (κ1) is 20.6. The van der Waals surface area contributed by atoms with Crippen molar-refractivity contribution in [3.05, 3.63) is 83.4 Å². The van der Waals surface area contributed by atoms with E-state index in [0.29, 0.717) is 17.4 Å². The molecule has 5 rings (SSSR count). The Balaban J connectivity index is 1.46. The second kappa shape index (κ2) is 8.35. The molecule has 2 heterocycles. The molecule has 2 aromatic heterocycles. The minimum Gasteiger partial charge on any atom is -0.332 e. The number of anilines is 1. The molecule has 0 bridgehead atoms. The Hall–Kier alpha value is -4.26. The van der Waals surface area contributed by atoms with Crippen LogP contribution in [0.5, 0.6) is 0 Å². The van der Waals surface area contributed by atoms with Crippen molar-refractivity contribution in [1.82, 2.24) is 19.9 Å². The lowest BCUT2D eigenvalue weighted by molar-refractivity contribution is -0.116. The summed E-state index contributed by atoms with van der Waals surface area (Å²) in [5.41, 5.74) is 6.34. The molecule has 5 aromatic rings. The molecule has 0 saturated carbocycles. The number of para-hydroxylation sites is 1. The van der Waals surface area contributed by atoms with Gasteiger partial charge in [-0.15, -0.1) is 0 Å². The summed E-state index contributed by atoms with van der Waals surface area (Å²) in [6.07, 6.45) is 0. The summed E-state index contributed by atoms with van der Waals surface area (Å²) >= 11 is 0. The molecule has 7 nitrogen and oxygen atoms in total. The maximum Gasteiger partial charge on any atom is 0.279 e. The molecule has 1 amide bonds. The van der Waals surface area contributed by atoms with Crippen LogP contribution in [0.2, 0.25) is 0 Å². The fourth-order valence-electron chi connectivity index (χ4n) is 3.84. The highest BCUT2D eigenvalue weighted by atomic mass is 16.5. The average molecular weight is 438 g/mol. The zero-order valence-corrected chi connectivity index (χ0v) is 18.7. The van der Waals surface area contributed by atoms with E-state index in [1.165, 1.54) is 0 Å². The number of hydrogen-bond acceptors (Lipinski definition) is 5. The number of rotatable bonds is 5. The molecule has 0 aliphatic rings. The van der Waals surface area contributed by atoms with Gasteiger partial charge in [-0.05, 0) is 50.1 Å². The molecule has 7 heteroatoms. The summed E-state index contributed by atoms with van der Waals surface area (Å²) in [6, 6.07) is 21.5. The van der Waals surface area contributed by atoms with Crippen molar-refractivity contribution in [3.8, 4) is 23.0 Å². The van der Waals surface area contributed by atoms with E-state index in [1.54, 1.807) is 4.68 Å². The van der Waals surface area contributed by atoms with Gasteiger partial charge in [-0.1, -0.05) is 59.3 Å². The van der Waals surface area contributed by atoms with Crippen molar-refractivity contribution in [3.63, 3.8) is 0 Å². The van der Waals surface area contributed by atoms with Crippen LogP contribution >= 0.6 is 0 Å². The number of nitrogens with one attached hydrogen (secondary N) is 1. The smallest absolute Gasteiger partial charge is 0.279 e. The molecule has 1 N–H and O–H groups in total. The topological polar surface area (TPSA) is 85.8 Å². The van der Waals surface area contributed by atoms with Gasteiger partial charge in [-0.25, -0.2) is 0 Å². The summed E-state index contributed by atoms with van der Waals surface area (Å²) in [7, 11) is 0. The van der Waals surface area contributed by atoms with Crippen LogP contribution in [0.15, 0.2) is 71.3 Å². The zero-order valence-electron chi connectivity index (χ0n) is 18.7. The highest BCUT2D eigenvalue weighted by Crippen LogP contribution is 2.29. The van der Waals surface area contributed by atoms with E-state index in [9.17, 15) is 4.79 Å². The Kier molecular flexibility index (Phi) is 5.22. The SMILES string of the molecule is Cc1cccc(-c2noc(-c3nn(CC(=O)Nc4cccc(C)c4C)c4ccccc34)n2)c1. The molecule has 0 atom stereocenters. The summed E-state index contributed by atoms with van der Waals surface area (Å²) in [6.45, 7) is 6.09. The van der Waals surface area contributed by atoms with E-state index < -0.39 is 0 Å². The fraction of sp³-hybridized carbons (Fsp3) is 0.154. The van der Waals surface area contributed by atoms with Gasteiger partial charge < -0.3 is 9.84 Å². The van der Waals surface area contributed by atoms with Gasteiger partial charge in [0.2, 0.25) is 11.7 Å². The predicted octanol–water partition coefficient (Wildman–Crippen LogP) is 5.32. The van der Waals surface area contributed by atoms with E-state index in [2.05, 4.69) is 20.6 Å². The molecule has 0 aliphatic carbocycles. The number of nitrogens with zero attached hydrogens (tertiary/aromatic N) is 4. The maximum absolute atomic E-state index is 12.8. The fourth-order valence-corrected chi connectivity index (χ4v) is 3.84. The molecule has 0 spiro atoms. The van der Waals surface area contributed by atoms with Gasteiger partial charge in [0.15, 0.2) is 5.69 Å². The molecule has 0 aliphatic heterocycles. The number of carbonyl (C=O) groups excluding carboxylic acids is 1. The third-order valence-corrected chi connectivity index (χ3v) is 5.73. The lowest BCUT2D eigenvalue weighted by Crippen LogP contribution is -2.20. The number of amides is 1. The number of fused-ring (bicyclic) bond motifs is 1. The van der Waals surface area contributed by atoms with Crippen LogP contribution in [-0.2, 0) is 11.3 Å². The monoisotopic (exact) mass is 437 g/mol. The molecular formula is C26H23N5O2. The van der Waals surface area contributed by atoms with Gasteiger partial charge in [0, 0.05) is 16.6 Å². The number of benzene rings is 3. The second-order valence-electron chi connectivity index (χ2n) is 8.11. The lowest BCUT2D eigenvalue weighted by atomic mass is 10.1. The van der Waals surface area contributed by atoms with E-state index in [-0.39, 0.29) is 12.5 Å². The van der Waals surface area contributed by atoms with Crippen molar-refractivity contribution in [2.24, 2.45) is 0 Å². The van der Waals surface area contributed by atoms with Crippen molar-refractivity contribution < 1.29 is 9.32 Å². The standard InChI is InChI=1S/C26H23N5O2/c1-16-8-6-10-19(14-16)25-28-26(33-30-25)24-20-11-4-5-13-22(20)31(29-24)15-23(32)27-21-12-7-9-17(2)18(21)3/h4-14H,15H2,1-3H3,(H,27,32). The van der Waals surface area contributed by atoms with E-state index >= 15 is 0 Å². The third kappa shape index (κ3) is 4.01. The molecule has 33 heavy (non-hydrogen) atoms. The lowest BCUT2D eigenvalue weighted by Gasteiger charge is -2.10. The molecule has 0 fully saturated rings. The molecule has 3 aromatic carbocycles. The Morgan fingerprint density at radius 2 is 1.82 bits per heavy atom. The summed E-state index contributed by atoms with van der Waals surface area (Å²) in [4.78, 5) is 17.4. The summed E-state index contributed by atoms with van der Waals surface area (Å²) < 4.78 is 7.23. The Labute approximate surface area is 191 Å². The second-order valence-corrected chi connectivity index (χ2v) is 8.11. The van der Waals surface area contributed by atoms with Crippen molar-refractivity contribution in [2.75, 3.05) is 5.32 Å². The third-order valence-electron chi connectivity index (χ3n) is 5.73. The quantitative estimate of drug-likeness (QED) is 0.402. The van der Waals surface area contributed by atoms with Crippen molar-refractivity contribution in [1.29, 1.82) is 0 Å². The minimum absolute atomic E-state index is 0.0623. The number of hydrogen-bond donors (Lipinski definition) is 1. The number of aryl methyl sites for hydroxylation is 2. The van der Waals surface area contributed by atoms with E-state index in [1.807, 2.05) is 87.5 Å². The number of carbonyl (C=O) groups is 1. The minimum atomic E-state index is -0.158. The summed E-state index contributed by atoms with van der Waals surface area (Å²) in [5.74, 6) is 0.658. The Morgan fingerprint density at radius 1 is 1.00 bits per heavy atom. The van der Waals surface area contributed by atoms with E-state index in [4.69, 9.17) is 4.52 Å². The predicted molar refractivity (Wildman–Crippen MR) is 128 cm³/mol. The largest absolute Gasteiger partial charge is 0.332 e. The van der Waals surface area contributed by atoms with Gasteiger partial charge in [-0.3, -0.25) is 9.48 Å². The molecule has 0 radical (unpaired) electrons. The van der Waals surface area contributed by atoms with Gasteiger partial charge in [0.1, 0.15) is 6.54 Å². The van der Waals surface area contributed by atoms with E-state index in [0.717, 1.165) is 38.8 Å². The van der Waals surface area contributed by atoms with Crippen LogP contribution in [-0.4, -0.2) is 25.8 Å². The van der Waals surface area contributed by atoms with Crippen LogP contribution in [0.4, 0.5) is 5.69 Å². The zero-order chi connectivity index (χ0) is 22.9. The first-order valence-electron chi connectivity index (χ1n) is 10.7. The highest BCUT2D eigenvalue weighted by molar-refractivity contribution is 5.95. The molecule has 0 unspecified atom stereocenters. The highest BCUT2D eigenvalue weighted by Gasteiger charge is 2.20. The van der Waals surface area contributed by atoms with Crippen molar-refractivity contribution in [2.45, 2.75) is 27.3 Å². The Bertz CT molecular complexity index is 1480. The van der Waals surface area contributed by atoms with Crippen LogP contribution in [0, 0.1) is 20.8 Å². The van der Waals surface area contributed by atoms with Crippen LogP contribution in [0.1, 0.15) is 16.7 Å². The average Bonchev–Trinajstić information content (AvgIpc) is 3.43. The first-order chi connectivity index (χ1) is 16.0. The van der Waals surface area contributed by atoms with Crippen LogP contribution < -0.4 is 5.32 Å². The molecular weight excluding hydrogens is 414 g/mol.